The highest BCUT2D eigenvalue weighted by molar-refractivity contribution is 6.31. The summed E-state index contributed by atoms with van der Waals surface area (Å²) in [5.41, 5.74) is 2.73. The molecule has 0 saturated heterocycles. The van der Waals surface area contributed by atoms with Gasteiger partial charge in [-0.1, -0.05) is 41.9 Å². The first-order chi connectivity index (χ1) is 11.2. The van der Waals surface area contributed by atoms with Gasteiger partial charge in [0.25, 0.3) is 0 Å². The van der Waals surface area contributed by atoms with Crippen LogP contribution in [0.15, 0.2) is 53.5 Å². The van der Waals surface area contributed by atoms with Crippen molar-refractivity contribution < 1.29 is 0 Å². The second-order valence-electron chi connectivity index (χ2n) is 4.95. The quantitative estimate of drug-likeness (QED) is 0.653. The Morgan fingerprint density at radius 2 is 1.87 bits per heavy atom. The zero-order valence-electron chi connectivity index (χ0n) is 13.0. The monoisotopic (exact) mass is 326 g/mol. The van der Waals surface area contributed by atoms with E-state index >= 15 is 0 Å². The first kappa shape index (κ1) is 16.9. The summed E-state index contributed by atoms with van der Waals surface area (Å²) >= 11 is 6.16. The molecule has 0 atom stereocenters. The summed E-state index contributed by atoms with van der Waals surface area (Å²) in [6, 6.07) is 17.3. The molecular weight excluding hydrogens is 308 g/mol. The molecule has 0 aromatic heterocycles. The van der Waals surface area contributed by atoms with Gasteiger partial charge in [-0.05, 0) is 36.2 Å². The van der Waals surface area contributed by atoms with Crippen LogP contribution in [0.25, 0.3) is 0 Å². The lowest BCUT2D eigenvalue weighted by molar-refractivity contribution is 0.816. The van der Waals surface area contributed by atoms with Crippen molar-refractivity contribution in [3.05, 3.63) is 70.2 Å². The maximum absolute atomic E-state index is 8.81. The smallest absolute Gasteiger partial charge is 0.191 e. The molecule has 0 bridgehead atoms. The first-order valence-electron chi connectivity index (χ1n) is 7.47. The molecule has 118 valence electrons. The predicted molar refractivity (Wildman–Crippen MR) is 94.3 cm³/mol. The van der Waals surface area contributed by atoms with E-state index in [9.17, 15) is 0 Å². The van der Waals surface area contributed by atoms with Crippen LogP contribution in [0.3, 0.4) is 0 Å². The normalized spacial score (nSPS) is 10.9. The van der Waals surface area contributed by atoms with Gasteiger partial charge < -0.3 is 10.6 Å². The largest absolute Gasteiger partial charge is 0.357 e. The third-order valence-electron chi connectivity index (χ3n) is 3.25. The summed E-state index contributed by atoms with van der Waals surface area (Å²) in [6.45, 7) is 3.96. The zero-order chi connectivity index (χ0) is 16.5. The van der Waals surface area contributed by atoms with E-state index in [1.165, 1.54) is 0 Å². The lowest BCUT2D eigenvalue weighted by Gasteiger charge is -2.12. The Balaban J connectivity index is 1.99. The molecule has 0 heterocycles. The number of hydrogen-bond donors (Lipinski definition) is 2. The van der Waals surface area contributed by atoms with E-state index in [1.54, 1.807) is 12.1 Å². The maximum atomic E-state index is 8.81. The lowest BCUT2D eigenvalue weighted by Crippen LogP contribution is -2.36. The van der Waals surface area contributed by atoms with Crippen LogP contribution in [0.2, 0.25) is 5.02 Å². The molecule has 0 aliphatic carbocycles. The van der Waals surface area contributed by atoms with E-state index in [-0.39, 0.29) is 0 Å². The van der Waals surface area contributed by atoms with Gasteiger partial charge in [0.1, 0.15) is 0 Å². The van der Waals surface area contributed by atoms with Crippen LogP contribution in [-0.4, -0.2) is 12.5 Å². The van der Waals surface area contributed by atoms with Crippen molar-refractivity contribution in [3.63, 3.8) is 0 Å². The molecule has 0 spiro atoms. The number of aliphatic imine (C=N–C) groups is 1. The molecule has 0 amide bonds. The topological polar surface area (TPSA) is 60.2 Å². The molecule has 2 aromatic carbocycles. The molecule has 0 fully saturated rings. The molecule has 0 aliphatic rings. The number of nitrogens with zero attached hydrogens (tertiary/aromatic N) is 2. The summed E-state index contributed by atoms with van der Waals surface area (Å²) in [5.74, 6) is 0.733. The number of hydrogen-bond acceptors (Lipinski definition) is 2. The van der Waals surface area contributed by atoms with Crippen molar-refractivity contribution in [1.82, 2.24) is 10.6 Å². The summed E-state index contributed by atoms with van der Waals surface area (Å²) < 4.78 is 0. The Morgan fingerprint density at radius 3 is 2.52 bits per heavy atom. The highest BCUT2D eigenvalue weighted by atomic mass is 35.5. The molecule has 0 aliphatic heterocycles. The Labute approximate surface area is 141 Å². The van der Waals surface area contributed by atoms with Gasteiger partial charge in [0.2, 0.25) is 0 Å². The Kier molecular flexibility index (Phi) is 6.46. The van der Waals surface area contributed by atoms with Gasteiger partial charge in [-0.3, -0.25) is 0 Å². The predicted octanol–water partition coefficient (Wildman–Crippen LogP) is 3.47. The van der Waals surface area contributed by atoms with E-state index in [0.29, 0.717) is 18.7 Å². The van der Waals surface area contributed by atoms with Gasteiger partial charge in [-0.15, -0.1) is 0 Å². The van der Waals surface area contributed by atoms with Crippen molar-refractivity contribution in [1.29, 1.82) is 5.26 Å². The lowest BCUT2D eigenvalue weighted by atomic mass is 10.1. The number of rotatable bonds is 5. The summed E-state index contributed by atoms with van der Waals surface area (Å²) in [6.07, 6.45) is 0. The molecule has 0 unspecified atom stereocenters. The first-order valence-corrected chi connectivity index (χ1v) is 7.85. The van der Waals surface area contributed by atoms with Crippen molar-refractivity contribution in [2.24, 2.45) is 4.99 Å². The van der Waals surface area contributed by atoms with Crippen LogP contribution in [0.1, 0.15) is 23.6 Å². The van der Waals surface area contributed by atoms with Gasteiger partial charge in [-0.2, -0.15) is 5.26 Å². The Hall–Kier alpha value is -2.51. The summed E-state index contributed by atoms with van der Waals surface area (Å²) in [7, 11) is 0. The van der Waals surface area contributed by atoms with Crippen LogP contribution in [0.5, 0.6) is 0 Å². The van der Waals surface area contributed by atoms with E-state index in [1.807, 2.05) is 43.3 Å². The third kappa shape index (κ3) is 5.32. The van der Waals surface area contributed by atoms with Crippen molar-refractivity contribution in [2.75, 3.05) is 6.54 Å². The molecular formula is C18H19ClN4. The molecule has 2 N–H and O–H groups in total. The second-order valence-corrected chi connectivity index (χ2v) is 5.36. The molecule has 2 rings (SSSR count). The molecule has 0 radical (unpaired) electrons. The number of halogens is 1. The molecule has 5 heteroatoms. The van der Waals surface area contributed by atoms with Crippen molar-refractivity contribution in [2.45, 2.75) is 20.0 Å². The van der Waals surface area contributed by atoms with E-state index in [4.69, 9.17) is 16.9 Å². The van der Waals surface area contributed by atoms with E-state index in [0.717, 1.165) is 28.7 Å². The summed E-state index contributed by atoms with van der Waals surface area (Å²) in [5, 5.41) is 16.0. The molecule has 2 aromatic rings. The highest BCUT2D eigenvalue weighted by Crippen LogP contribution is 2.14. The second kappa shape index (κ2) is 8.82. The highest BCUT2D eigenvalue weighted by Gasteiger charge is 2.01. The minimum absolute atomic E-state index is 0.545. The molecule has 0 saturated carbocycles. The SMILES string of the molecule is CCNC(=NCc1ccc(C#N)cc1)NCc1ccccc1Cl. The molecule has 4 nitrogen and oxygen atoms in total. The third-order valence-corrected chi connectivity index (χ3v) is 3.62. The summed E-state index contributed by atoms with van der Waals surface area (Å²) in [4.78, 5) is 4.55. The van der Waals surface area contributed by atoms with Gasteiger partial charge in [0.15, 0.2) is 5.96 Å². The van der Waals surface area contributed by atoms with Crippen molar-refractivity contribution in [3.8, 4) is 6.07 Å². The van der Waals surface area contributed by atoms with Crippen LogP contribution in [0, 0.1) is 11.3 Å². The minimum atomic E-state index is 0.545. The Morgan fingerprint density at radius 1 is 1.13 bits per heavy atom. The Bertz CT molecular complexity index is 702. The van der Waals surface area contributed by atoms with Crippen molar-refractivity contribution >= 4 is 17.6 Å². The van der Waals surface area contributed by atoms with Gasteiger partial charge in [0, 0.05) is 18.1 Å². The zero-order valence-corrected chi connectivity index (χ0v) is 13.8. The van der Waals surface area contributed by atoms with E-state index < -0.39 is 0 Å². The standard InChI is InChI=1S/C18H19ClN4/c1-2-21-18(23-13-16-5-3-4-6-17(16)19)22-12-15-9-7-14(11-20)8-10-15/h3-10H,2,12-13H2,1H3,(H2,21,22,23). The fourth-order valence-electron chi connectivity index (χ4n) is 2.02. The fraction of sp³-hybridized carbons (Fsp3) is 0.222. The number of guanidine groups is 1. The van der Waals surface area contributed by atoms with Crippen LogP contribution in [0.4, 0.5) is 0 Å². The maximum Gasteiger partial charge on any atom is 0.191 e. The minimum Gasteiger partial charge on any atom is -0.357 e. The van der Waals surface area contributed by atoms with Gasteiger partial charge in [0.05, 0.1) is 18.2 Å². The van der Waals surface area contributed by atoms with Crippen LogP contribution >= 0.6 is 11.6 Å². The van der Waals surface area contributed by atoms with Gasteiger partial charge >= 0.3 is 0 Å². The number of nitrogens with one attached hydrogen (secondary N) is 2. The number of benzene rings is 2. The van der Waals surface area contributed by atoms with E-state index in [2.05, 4.69) is 21.7 Å². The van der Waals surface area contributed by atoms with Gasteiger partial charge in [-0.25, -0.2) is 4.99 Å². The fourth-order valence-corrected chi connectivity index (χ4v) is 2.22. The van der Waals surface area contributed by atoms with Crippen LogP contribution in [-0.2, 0) is 13.1 Å². The number of nitriles is 1. The van der Waals surface area contributed by atoms with Crippen LogP contribution < -0.4 is 10.6 Å². The average molecular weight is 327 g/mol. The molecule has 23 heavy (non-hydrogen) atoms. The average Bonchev–Trinajstić information content (AvgIpc) is 2.59.